The number of aryl methyl sites for hydroxylation is 2. The fourth-order valence-electron chi connectivity index (χ4n) is 4.84. The van der Waals surface area contributed by atoms with Crippen LogP contribution in [0.4, 0.5) is 5.69 Å². The van der Waals surface area contributed by atoms with Gasteiger partial charge in [-0.15, -0.1) is 0 Å². The number of hydrogen-bond acceptors (Lipinski definition) is 3. The molecule has 0 saturated carbocycles. The molecule has 1 aliphatic heterocycles. The fraction of sp³-hybridized carbons (Fsp3) is 0.409. The molecule has 0 bridgehead atoms. The van der Waals surface area contributed by atoms with Gasteiger partial charge in [0.15, 0.2) is 5.65 Å². The molecule has 26 heavy (non-hydrogen) atoms. The Kier molecular flexibility index (Phi) is 3.41. The molecule has 0 saturated heterocycles. The lowest BCUT2D eigenvalue weighted by Gasteiger charge is -2.38. The first-order chi connectivity index (χ1) is 12.6. The monoisotopic (exact) mass is 347 g/mol. The van der Waals surface area contributed by atoms with Crippen molar-refractivity contribution < 1.29 is 4.74 Å². The Labute approximate surface area is 154 Å². The minimum atomic E-state index is 0.122. The van der Waals surface area contributed by atoms with Gasteiger partial charge < -0.3 is 14.5 Å². The maximum atomic E-state index is 5.50. The molecule has 0 atom stereocenters. The van der Waals surface area contributed by atoms with Crippen molar-refractivity contribution >= 4 is 11.3 Å². The first-order valence-electron chi connectivity index (χ1n) is 9.44. The molecule has 3 aromatic rings. The third kappa shape index (κ3) is 2.21. The number of methoxy groups -OCH3 is 1. The minimum absolute atomic E-state index is 0.122. The summed E-state index contributed by atoms with van der Waals surface area (Å²) in [6.07, 6.45) is 6.65. The number of ether oxygens (including phenoxy) is 1. The van der Waals surface area contributed by atoms with Crippen molar-refractivity contribution in [1.29, 1.82) is 0 Å². The highest BCUT2D eigenvalue weighted by Crippen LogP contribution is 2.43. The number of nitrogens with zero attached hydrogens (tertiary/aromatic N) is 2. The number of pyridine rings is 1. The quantitative estimate of drug-likeness (QED) is 0.762. The first kappa shape index (κ1) is 15.9. The highest BCUT2D eigenvalue weighted by molar-refractivity contribution is 5.76. The van der Waals surface area contributed by atoms with E-state index in [1.54, 1.807) is 7.11 Å². The number of benzene rings is 1. The Morgan fingerprint density at radius 3 is 2.62 bits per heavy atom. The van der Waals surface area contributed by atoms with Crippen LogP contribution >= 0.6 is 0 Å². The standard InChI is InChI=1S/C22H25N3O/c1-14-15(2)25-12-18(13-26-3)19-8-9-22(24-20(19)21(25)23-14)10-16-6-4-5-7-17(16)11-22/h4-7,12,24H,8-11,13H2,1-3H3. The smallest absolute Gasteiger partial charge is 0.161 e. The summed E-state index contributed by atoms with van der Waals surface area (Å²) < 4.78 is 7.73. The number of imidazole rings is 1. The third-order valence-corrected chi connectivity index (χ3v) is 6.30. The Morgan fingerprint density at radius 2 is 1.92 bits per heavy atom. The topological polar surface area (TPSA) is 38.6 Å². The second-order valence-electron chi connectivity index (χ2n) is 7.94. The van der Waals surface area contributed by atoms with Gasteiger partial charge in [0.05, 0.1) is 18.0 Å². The maximum Gasteiger partial charge on any atom is 0.161 e. The van der Waals surface area contributed by atoms with Crippen LogP contribution < -0.4 is 5.32 Å². The van der Waals surface area contributed by atoms with Gasteiger partial charge >= 0.3 is 0 Å². The van der Waals surface area contributed by atoms with E-state index in [1.807, 2.05) is 0 Å². The van der Waals surface area contributed by atoms with Crippen LogP contribution in [-0.4, -0.2) is 22.0 Å². The molecule has 0 amide bonds. The lowest BCUT2D eigenvalue weighted by molar-refractivity contribution is 0.183. The SMILES string of the molecule is COCc1cn2c(C)c(C)nc2c2c1CCC1(Cc3ccccc3C1)N2. The maximum absolute atomic E-state index is 5.50. The average Bonchev–Trinajstić information content (AvgIpc) is 3.13. The number of rotatable bonds is 2. The number of hydrogen-bond donors (Lipinski definition) is 1. The van der Waals surface area contributed by atoms with Crippen molar-refractivity contribution in [3.8, 4) is 0 Å². The number of fused-ring (bicyclic) bond motifs is 4. The third-order valence-electron chi connectivity index (χ3n) is 6.30. The average molecular weight is 347 g/mol. The minimum Gasteiger partial charge on any atom is -0.380 e. The number of anilines is 1. The summed E-state index contributed by atoms with van der Waals surface area (Å²) in [4.78, 5) is 4.89. The molecule has 1 N–H and O–H groups in total. The molecule has 1 spiro atoms. The van der Waals surface area contributed by atoms with E-state index in [9.17, 15) is 0 Å². The molecule has 4 heteroatoms. The fourth-order valence-corrected chi connectivity index (χ4v) is 4.84. The summed E-state index contributed by atoms with van der Waals surface area (Å²) in [6, 6.07) is 8.87. The zero-order valence-electron chi connectivity index (χ0n) is 15.7. The number of aromatic nitrogens is 2. The summed E-state index contributed by atoms with van der Waals surface area (Å²) in [5.74, 6) is 0. The summed E-state index contributed by atoms with van der Waals surface area (Å²) >= 11 is 0. The van der Waals surface area contributed by atoms with E-state index in [0.717, 1.165) is 37.0 Å². The largest absolute Gasteiger partial charge is 0.380 e. The molecule has 0 unspecified atom stereocenters. The second-order valence-corrected chi connectivity index (χ2v) is 7.94. The van der Waals surface area contributed by atoms with Crippen molar-refractivity contribution in [2.45, 2.75) is 51.7 Å². The molecule has 2 aromatic heterocycles. The Hall–Kier alpha value is -2.33. The van der Waals surface area contributed by atoms with Crippen molar-refractivity contribution in [1.82, 2.24) is 9.38 Å². The lowest BCUT2D eigenvalue weighted by Crippen LogP contribution is -2.43. The van der Waals surface area contributed by atoms with Crippen molar-refractivity contribution in [2.24, 2.45) is 0 Å². The van der Waals surface area contributed by atoms with Crippen LogP contribution in [0.2, 0.25) is 0 Å². The van der Waals surface area contributed by atoms with Gasteiger partial charge in [-0.3, -0.25) is 0 Å². The van der Waals surface area contributed by atoms with E-state index in [1.165, 1.54) is 33.6 Å². The predicted octanol–water partition coefficient (Wildman–Crippen LogP) is 3.99. The van der Waals surface area contributed by atoms with E-state index in [0.29, 0.717) is 6.61 Å². The molecule has 2 aliphatic rings. The molecule has 134 valence electrons. The van der Waals surface area contributed by atoms with Crippen LogP contribution in [0.3, 0.4) is 0 Å². The highest BCUT2D eigenvalue weighted by Gasteiger charge is 2.41. The van der Waals surface area contributed by atoms with Crippen LogP contribution in [0.25, 0.3) is 5.65 Å². The van der Waals surface area contributed by atoms with Crippen LogP contribution in [-0.2, 0) is 30.6 Å². The zero-order valence-corrected chi connectivity index (χ0v) is 15.7. The lowest BCUT2D eigenvalue weighted by atomic mass is 9.83. The van der Waals surface area contributed by atoms with Crippen molar-refractivity contribution in [2.75, 3.05) is 12.4 Å². The van der Waals surface area contributed by atoms with Crippen LogP contribution in [0.15, 0.2) is 30.5 Å². The van der Waals surface area contributed by atoms with Gasteiger partial charge in [0.2, 0.25) is 0 Å². The Balaban J connectivity index is 1.65. The molecule has 5 rings (SSSR count). The van der Waals surface area contributed by atoms with Crippen molar-refractivity contribution in [3.05, 3.63) is 64.1 Å². The van der Waals surface area contributed by atoms with E-state index in [4.69, 9.17) is 9.72 Å². The molecular formula is C22H25N3O. The Bertz CT molecular complexity index is 993. The molecule has 1 aliphatic carbocycles. The molecule has 3 heterocycles. The molecule has 0 fully saturated rings. The van der Waals surface area contributed by atoms with Crippen molar-refractivity contribution in [3.63, 3.8) is 0 Å². The van der Waals surface area contributed by atoms with Gasteiger partial charge in [-0.05, 0) is 61.8 Å². The Morgan fingerprint density at radius 1 is 1.19 bits per heavy atom. The van der Waals surface area contributed by atoms with E-state index in [-0.39, 0.29) is 5.54 Å². The van der Waals surface area contributed by atoms with E-state index < -0.39 is 0 Å². The van der Waals surface area contributed by atoms with Gasteiger partial charge in [-0.1, -0.05) is 24.3 Å². The first-order valence-corrected chi connectivity index (χ1v) is 9.44. The molecule has 1 aromatic carbocycles. The van der Waals surface area contributed by atoms with Gasteiger partial charge in [-0.25, -0.2) is 4.98 Å². The van der Waals surface area contributed by atoms with E-state index >= 15 is 0 Å². The van der Waals surface area contributed by atoms with Gasteiger partial charge in [0, 0.05) is 24.5 Å². The predicted molar refractivity (Wildman–Crippen MR) is 104 cm³/mol. The van der Waals surface area contributed by atoms with E-state index in [2.05, 4.69) is 54.0 Å². The molecule has 0 radical (unpaired) electrons. The normalized spacial score (nSPS) is 17.3. The van der Waals surface area contributed by atoms with Crippen LogP contribution in [0.5, 0.6) is 0 Å². The molecular weight excluding hydrogens is 322 g/mol. The summed E-state index contributed by atoms with van der Waals surface area (Å²) in [5.41, 5.74) is 10.3. The zero-order chi connectivity index (χ0) is 17.9. The highest BCUT2D eigenvalue weighted by atomic mass is 16.5. The summed E-state index contributed by atoms with van der Waals surface area (Å²) in [6.45, 7) is 4.88. The van der Waals surface area contributed by atoms with Gasteiger partial charge in [0.25, 0.3) is 0 Å². The second kappa shape index (κ2) is 5.58. The van der Waals surface area contributed by atoms with Crippen LogP contribution in [0.1, 0.15) is 40.1 Å². The summed E-state index contributed by atoms with van der Waals surface area (Å²) in [7, 11) is 1.77. The summed E-state index contributed by atoms with van der Waals surface area (Å²) in [5, 5.41) is 3.96. The van der Waals surface area contributed by atoms with Gasteiger partial charge in [-0.2, -0.15) is 0 Å². The number of nitrogens with one attached hydrogen (secondary N) is 1. The van der Waals surface area contributed by atoms with Gasteiger partial charge in [0.1, 0.15) is 0 Å². The van der Waals surface area contributed by atoms with Crippen LogP contribution in [0, 0.1) is 13.8 Å². The molecule has 4 nitrogen and oxygen atoms in total.